The van der Waals surface area contributed by atoms with Gasteiger partial charge in [0.1, 0.15) is 5.75 Å². The molecule has 1 aliphatic carbocycles. The molecule has 0 aromatic heterocycles. The summed E-state index contributed by atoms with van der Waals surface area (Å²) < 4.78 is 5.39. The molecule has 2 nitrogen and oxygen atoms in total. The second kappa shape index (κ2) is 8.58. The summed E-state index contributed by atoms with van der Waals surface area (Å²) >= 11 is 0. The fourth-order valence-corrected chi connectivity index (χ4v) is 4.80. The van der Waals surface area contributed by atoms with Gasteiger partial charge in [0.25, 0.3) is 0 Å². The van der Waals surface area contributed by atoms with Gasteiger partial charge in [-0.15, -0.1) is 0 Å². The number of fused-ring (bicyclic) bond motifs is 1. The maximum atomic E-state index is 5.39. The zero-order chi connectivity index (χ0) is 16.3. The average molecular weight is 352 g/mol. The molecule has 136 valence electrons. The second-order valence-corrected chi connectivity index (χ2v) is 8.49. The van der Waals surface area contributed by atoms with Gasteiger partial charge in [-0.25, -0.2) is 0 Å². The van der Waals surface area contributed by atoms with E-state index in [1.54, 1.807) is 12.7 Å². The first-order chi connectivity index (χ1) is 11.1. The van der Waals surface area contributed by atoms with Crippen LogP contribution in [0.1, 0.15) is 69.4 Å². The van der Waals surface area contributed by atoms with E-state index >= 15 is 0 Å². The molecule has 1 aromatic rings. The van der Waals surface area contributed by atoms with Gasteiger partial charge in [-0.3, -0.25) is 0 Å². The van der Waals surface area contributed by atoms with Gasteiger partial charge < -0.3 is 22.0 Å². The number of piperidine rings is 1. The number of aryl methyl sites for hydroxylation is 1. The molecule has 3 heteroatoms. The summed E-state index contributed by atoms with van der Waals surface area (Å²) in [4.78, 5) is 1.84. The van der Waals surface area contributed by atoms with Gasteiger partial charge in [-0.05, 0) is 74.1 Å². The van der Waals surface area contributed by atoms with E-state index in [0.29, 0.717) is 5.41 Å². The highest BCUT2D eigenvalue weighted by molar-refractivity contribution is 5.39. The van der Waals surface area contributed by atoms with E-state index in [4.69, 9.17) is 4.74 Å². The topological polar surface area (TPSA) is 13.7 Å². The smallest absolute Gasteiger partial charge is 0.119 e. The molecule has 0 amide bonds. The molecule has 1 fully saturated rings. The van der Waals surface area contributed by atoms with Gasteiger partial charge in [0.15, 0.2) is 0 Å². The van der Waals surface area contributed by atoms with Crippen LogP contribution in [0.2, 0.25) is 0 Å². The first-order valence-corrected chi connectivity index (χ1v) is 9.58. The predicted octanol–water partition coefficient (Wildman–Crippen LogP) is 0.604. The molecule has 24 heavy (non-hydrogen) atoms. The van der Waals surface area contributed by atoms with Gasteiger partial charge in [0.2, 0.25) is 0 Å². The van der Waals surface area contributed by atoms with Gasteiger partial charge >= 0.3 is 0 Å². The van der Waals surface area contributed by atoms with E-state index in [0.717, 1.165) is 11.7 Å². The van der Waals surface area contributed by atoms with Crippen molar-refractivity contribution in [2.75, 3.05) is 26.7 Å². The zero-order valence-electron chi connectivity index (χ0n) is 15.7. The lowest BCUT2D eigenvalue weighted by Gasteiger charge is -2.35. The molecule has 1 N–H and O–H groups in total. The number of hydrogen-bond donors (Lipinski definition) is 1. The van der Waals surface area contributed by atoms with Crippen LogP contribution in [0, 0.1) is 5.41 Å². The average Bonchev–Trinajstić information content (AvgIpc) is 2.53. The van der Waals surface area contributed by atoms with Crippen LogP contribution in [0.25, 0.3) is 0 Å². The quantitative estimate of drug-likeness (QED) is 0.820. The van der Waals surface area contributed by atoms with E-state index in [9.17, 15) is 0 Å². The number of benzene rings is 1. The summed E-state index contributed by atoms with van der Waals surface area (Å²) in [5.41, 5.74) is 3.69. The minimum absolute atomic E-state index is 0. The molecule has 2 atom stereocenters. The summed E-state index contributed by atoms with van der Waals surface area (Å²) in [6, 6.07) is 6.74. The maximum absolute atomic E-state index is 5.39. The molecule has 2 unspecified atom stereocenters. The van der Waals surface area contributed by atoms with Crippen molar-refractivity contribution in [3.8, 4) is 5.75 Å². The Kier molecular flexibility index (Phi) is 7.00. The second-order valence-electron chi connectivity index (χ2n) is 8.49. The summed E-state index contributed by atoms with van der Waals surface area (Å²) in [6.07, 6.45) is 9.51. The molecular formula is C21H34ClNO. The van der Waals surface area contributed by atoms with Crippen molar-refractivity contribution in [1.82, 2.24) is 0 Å². The highest BCUT2D eigenvalue weighted by Gasteiger charge is 2.29. The lowest BCUT2D eigenvalue weighted by molar-refractivity contribution is -0.912. The van der Waals surface area contributed by atoms with Crippen LogP contribution >= 0.6 is 0 Å². The number of rotatable bonds is 5. The number of quaternary nitrogens is 1. The summed E-state index contributed by atoms with van der Waals surface area (Å²) in [7, 11) is 1.77. The van der Waals surface area contributed by atoms with Crippen molar-refractivity contribution >= 4 is 0 Å². The van der Waals surface area contributed by atoms with Crippen molar-refractivity contribution in [2.45, 2.75) is 64.7 Å². The van der Waals surface area contributed by atoms with Crippen molar-refractivity contribution in [1.29, 1.82) is 0 Å². The Morgan fingerprint density at radius 3 is 2.83 bits per heavy atom. The highest BCUT2D eigenvalue weighted by atomic mass is 35.5. The van der Waals surface area contributed by atoms with Gasteiger partial charge in [-0.2, -0.15) is 0 Å². The number of methoxy groups -OCH3 is 1. The highest BCUT2D eigenvalue weighted by Crippen LogP contribution is 2.36. The molecule has 0 bridgehead atoms. The van der Waals surface area contributed by atoms with Gasteiger partial charge in [0.05, 0.1) is 26.7 Å². The van der Waals surface area contributed by atoms with Crippen LogP contribution in [-0.2, 0) is 6.42 Å². The van der Waals surface area contributed by atoms with Crippen molar-refractivity contribution in [3.63, 3.8) is 0 Å². The first kappa shape index (κ1) is 19.6. The monoisotopic (exact) mass is 351 g/mol. The van der Waals surface area contributed by atoms with Crippen LogP contribution in [0.3, 0.4) is 0 Å². The summed E-state index contributed by atoms with van der Waals surface area (Å²) in [5.74, 6) is 1.80. The van der Waals surface area contributed by atoms with Crippen LogP contribution in [0.4, 0.5) is 0 Å². The molecule has 1 heterocycles. The van der Waals surface area contributed by atoms with Crippen molar-refractivity contribution < 1.29 is 22.0 Å². The standard InChI is InChI=1S/C21H33NO.ClH/c1-21(2)12-6-14-22(16-21)13-5-9-17-7-4-8-18-15-19(23-3)10-11-20(17)18;/h10-11,15,17H,4-9,12-14,16H2,1-3H3;1H. The molecule has 2 aliphatic rings. The van der Waals surface area contributed by atoms with Gasteiger partial charge in [-0.1, -0.05) is 19.9 Å². The molecule has 1 aromatic carbocycles. The number of likely N-dealkylation sites (tertiary alicyclic amines) is 1. The molecule has 1 aliphatic heterocycles. The summed E-state index contributed by atoms with van der Waals surface area (Å²) in [5, 5.41) is 0. The van der Waals surface area contributed by atoms with E-state index in [1.807, 2.05) is 4.90 Å². The molecule has 0 radical (unpaired) electrons. The third-order valence-electron chi connectivity index (χ3n) is 5.98. The molecule has 1 saturated heterocycles. The van der Waals surface area contributed by atoms with Crippen LogP contribution in [0.15, 0.2) is 18.2 Å². The molecule has 0 spiro atoms. The number of nitrogens with one attached hydrogen (secondary N) is 1. The summed E-state index contributed by atoms with van der Waals surface area (Å²) in [6.45, 7) is 9.01. The third kappa shape index (κ3) is 4.89. The largest absolute Gasteiger partial charge is 1.00 e. The Hall–Kier alpha value is -0.730. The molecule has 0 saturated carbocycles. The third-order valence-corrected chi connectivity index (χ3v) is 5.98. The fraction of sp³-hybridized carbons (Fsp3) is 0.714. The first-order valence-electron chi connectivity index (χ1n) is 9.58. The van der Waals surface area contributed by atoms with Crippen molar-refractivity contribution in [3.05, 3.63) is 29.3 Å². The SMILES string of the molecule is COc1ccc2c(c1)CCCC2CCC[NH+]1CCCC(C)(C)C1.[Cl-]. The predicted molar refractivity (Wildman–Crippen MR) is 96.5 cm³/mol. The van der Waals surface area contributed by atoms with E-state index in [1.165, 1.54) is 70.1 Å². The van der Waals surface area contributed by atoms with E-state index < -0.39 is 0 Å². The fourth-order valence-electron chi connectivity index (χ4n) is 4.80. The maximum Gasteiger partial charge on any atom is 0.119 e. The molecular weight excluding hydrogens is 318 g/mol. The molecule has 3 rings (SSSR count). The Labute approximate surface area is 154 Å². The van der Waals surface area contributed by atoms with Crippen molar-refractivity contribution in [2.24, 2.45) is 5.41 Å². The lowest BCUT2D eigenvalue weighted by Crippen LogP contribution is -3.14. The Morgan fingerprint density at radius 1 is 1.25 bits per heavy atom. The number of halogens is 1. The van der Waals surface area contributed by atoms with Crippen LogP contribution in [-0.4, -0.2) is 26.7 Å². The van der Waals surface area contributed by atoms with E-state index in [-0.39, 0.29) is 12.4 Å². The minimum Gasteiger partial charge on any atom is -1.00 e. The number of hydrogen-bond acceptors (Lipinski definition) is 1. The van der Waals surface area contributed by atoms with Crippen LogP contribution in [0.5, 0.6) is 5.75 Å². The van der Waals surface area contributed by atoms with Gasteiger partial charge in [0, 0.05) is 5.41 Å². The Balaban J connectivity index is 0.00000208. The lowest BCUT2D eigenvalue weighted by atomic mass is 9.80. The Bertz CT molecular complexity index is 529. The Morgan fingerprint density at radius 2 is 2.08 bits per heavy atom. The van der Waals surface area contributed by atoms with Crippen LogP contribution < -0.4 is 22.0 Å². The van der Waals surface area contributed by atoms with E-state index in [2.05, 4.69) is 32.0 Å². The number of ether oxygens (including phenoxy) is 1. The zero-order valence-corrected chi connectivity index (χ0v) is 16.4. The minimum atomic E-state index is 0. The normalized spacial score (nSPS) is 25.5.